The Morgan fingerprint density at radius 2 is 1.12 bits per heavy atom. The number of aromatic hydroxyl groups is 2. The average Bonchev–Trinajstić information content (AvgIpc) is 3.02. The third kappa shape index (κ3) is 5.11. The molecule has 0 unspecified atom stereocenters. The second-order valence-corrected chi connectivity index (χ2v) is 14.5. The molecule has 3 rings (SSSR count). The van der Waals surface area contributed by atoms with Gasteiger partial charge in [-0.25, -0.2) is 0 Å². The summed E-state index contributed by atoms with van der Waals surface area (Å²) in [6, 6.07) is 0.834. The number of benzene rings is 2. The molecule has 0 atom stereocenters. The number of fused-ring (bicyclic) bond motifs is 1. The molecule has 1 aliphatic rings. The predicted octanol–water partition coefficient (Wildman–Crippen LogP) is -1.08. The van der Waals surface area contributed by atoms with E-state index in [9.17, 15) is 57.5 Å². The van der Waals surface area contributed by atoms with Crippen molar-refractivity contribution in [3.05, 3.63) is 18.2 Å². The van der Waals surface area contributed by atoms with Gasteiger partial charge in [0.25, 0.3) is 0 Å². The van der Waals surface area contributed by atoms with Crippen molar-refractivity contribution in [3.8, 4) is 28.7 Å². The summed E-state index contributed by atoms with van der Waals surface area (Å²) < 4.78 is 144. The van der Waals surface area contributed by atoms with Gasteiger partial charge in [-0.1, -0.05) is 0 Å². The molecule has 0 bridgehead atoms. The molecule has 34 heavy (non-hydrogen) atoms. The Morgan fingerprint density at radius 1 is 0.647 bits per heavy atom. The zero-order valence-electron chi connectivity index (χ0n) is 15.5. The topological polar surface area (TPSA) is 286 Å². The van der Waals surface area contributed by atoms with Gasteiger partial charge in [-0.15, -0.1) is 0 Å². The van der Waals surface area contributed by atoms with E-state index < -0.39 is 110 Å². The Kier molecular flexibility index (Phi) is 6.42. The third-order valence-electron chi connectivity index (χ3n) is 3.79. The van der Waals surface area contributed by atoms with Gasteiger partial charge in [0.15, 0.2) is 0 Å². The van der Waals surface area contributed by atoms with E-state index >= 15 is 0 Å². The standard InChI is InChI=1S/C6H6O9S2.C6H6O8S2.Sb/c7-4-2(16(10,11)12)1-3(17(13,14)15)5(8)6(4)9;7-4-1-3(15(9,10)11)2-5(6(4)8)16(12,13)14;/h1,7-9H,(H,10,11,12)(H,13,14,15);1-2,7-8H,(H,9,10,11)(H,12,13,14);/q;;+3/p-3. The van der Waals surface area contributed by atoms with Crippen LogP contribution in [-0.2, 0) is 40.5 Å². The van der Waals surface area contributed by atoms with E-state index in [1.807, 2.05) is 0 Å². The molecule has 0 fully saturated rings. The molecular weight excluding hydrogens is 666 g/mol. The van der Waals surface area contributed by atoms with Crippen LogP contribution in [0, 0.1) is 0 Å². The van der Waals surface area contributed by atoms with Crippen molar-refractivity contribution in [3.63, 3.8) is 0 Å². The van der Waals surface area contributed by atoms with Crippen molar-refractivity contribution in [2.75, 3.05) is 0 Å². The summed E-state index contributed by atoms with van der Waals surface area (Å²) in [6.07, 6.45) is 0. The van der Waals surface area contributed by atoms with Crippen LogP contribution in [0.3, 0.4) is 0 Å². The zero-order valence-corrected chi connectivity index (χ0v) is 21.3. The van der Waals surface area contributed by atoms with Gasteiger partial charge in [-0.3, -0.25) is 0 Å². The molecule has 1 heterocycles. The summed E-state index contributed by atoms with van der Waals surface area (Å²) in [5.41, 5.74) is 0. The fraction of sp³-hybridized carbons (Fsp3) is 0. The minimum absolute atomic E-state index is 0.00529. The van der Waals surface area contributed by atoms with Gasteiger partial charge in [0.2, 0.25) is 0 Å². The summed E-state index contributed by atoms with van der Waals surface area (Å²) in [6.45, 7) is 0. The minimum atomic E-state index is -5.38. The van der Waals surface area contributed by atoms with E-state index in [1.54, 1.807) is 0 Å². The van der Waals surface area contributed by atoms with Crippen LogP contribution >= 0.6 is 0 Å². The van der Waals surface area contributed by atoms with E-state index in [0.717, 1.165) is 0 Å². The first-order chi connectivity index (χ1) is 15.2. The maximum absolute atomic E-state index is 11.6. The maximum atomic E-state index is 11.6. The van der Waals surface area contributed by atoms with Crippen molar-refractivity contribution >= 4 is 61.9 Å². The van der Waals surface area contributed by atoms with Crippen molar-refractivity contribution in [1.82, 2.24) is 0 Å². The van der Waals surface area contributed by atoms with E-state index in [-0.39, 0.29) is 6.07 Å². The summed E-state index contributed by atoms with van der Waals surface area (Å²) in [4.78, 5) is -5.38. The number of hydrogen-bond acceptors (Lipinski definition) is 13. The molecule has 22 heteroatoms. The average molecular weight is 675 g/mol. The van der Waals surface area contributed by atoms with E-state index in [4.69, 9.17) is 13.6 Å². The SMILES string of the molecule is O=S(=O)(O)c1cc2c(c(S(=O)(=O)O)c1)[O][Sb]([O]c1c(O)c(S(=O)(=O)O)cc(S(=O)(=O)O)c1O)[O]2. The molecule has 0 amide bonds. The van der Waals surface area contributed by atoms with E-state index in [1.165, 1.54) is 0 Å². The van der Waals surface area contributed by atoms with Crippen LogP contribution in [0.1, 0.15) is 0 Å². The van der Waals surface area contributed by atoms with Gasteiger partial charge in [0.1, 0.15) is 0 Å². The van der Waals surface area contributed by atoms with E-state index in [2.05, 4.69) is 0 Å². The van der Waals surface area contributed by atoms with Crippen LogP contribution in [0.15, 0.2) is 37.8 Å². The molecular formula is C12H9O17S4Sb. The molecule has 17 nitrogen and oxygen atoms in total. The van der Waals surface area contributed by atoms with Crippen LogP contribution < -0.4 is 9.05 Å². The predicted molar refractivity (Wildman–Crippen MR) is 103 cm³/mol. The van der Waals surface area contributed by atoms with Gasteiger partial charge >= 0.3 is 200 Å². The molecule has 0 saturated carbocycles. The molecule has 6 N–H and O–H groups in total. The summed E-state index contributed by atoms with van der Waals surface area (Å²) in [7, 11) is -21.0. The molecule has 188 valence electrons. The summed E-state index contributed by atoms with van der Waals surface area (Å²) in [5.74, 6) is -6.12. The Morgan fingerprint density at radius 3 is 1.53 bits per heavy atom. The van der Waals surface area contributed by atoms with Gasteiger partial charge in [0, 0.05) is 0 Å². The molecule has 2 aromatic rings. The van der Waals surface area contributed by atoms with Crippen molar-refractivity contribution < 1.29 is 71.1 Å². The second-order valence-electron chi connectivity index (χ2n) is 6.05. The van der Waals surface area contributed by atoms with Gasteiger partial charge < -0.3 is 0 Å². The van der Waals surface area contributed by atoms with Crippen LogP contribution in [-0.4, -0.2) is 83.6 Å². The molecule has 0 aliphatic carbocycles. The first-order valence-electron chi connectivity index (χ1n) is 7.72. The van der Waals surface area contributed by atoms with Gasteiger partial charge in [-0.05, 0) is 0 Å². The Hall–Kier alpha value is -2.10. The Balaban J connectivity index is 2.16. The van der Waals surface area contributed by atoms with Gasteiger partial charge in [0.05, 0.1) is 0 Å². The normalized spacial score (nSPS) is 14.8. The molecule has 2 aromatic carbocycles. The Labute approximate surface area is 198 Å². The molecule has 0 radical (unpaired) electrons. The number of phenolic OH excluding ortho intramolecular Hbond substituents is 2. The quantitative estimate of drug-likeness (QED) is 0.157. The second kappa shape index (κ2) is 8.24. The number of phenols is 2. The van der Waals surface area contributed by atoms with Gasteiger partial charge in [-0.2, -0.15) is 0 Å². The fourth-order valence-corrected chi connectivity index (χ4v) is 8.17. The molecule has 0 saturated heterocycles. The summed E-state index contributed by atoms with van der Waals surface area (Å²) >= 11 is -4.53. The van der Waals surface area contributed by atoms with Crippen molar-refractivity contribution in [2.24, 2.45) is 0 Å². The zero-order chi connectivity index (χ0) is 26.0. The first-order valence-corrected chi connectivity index (χ1v) is 16.6. The van der Waals surface area contributed by atoms with Crippen molar-refractivity contribution in [2.45, 2.75) is 19.6 Å². The van der Waals surface area contributed by atoms with Crippen LogP contribution in [0.2, 0.25) is 0 Å². The fourth-order valence-electron chi connectivity index (χ4n) is 2.41. The van der Waals surface area contributed by atoms with Crippen LogP contribution in [0.4, 0.5) is 0 Å². The molecule has 1 aliphatic heterocycles. The molecule has 0 spiro atoms. The summed E-state index contributed by atoms with van der Waals surface area (Å²) in [5, 5.41) is 20.2. The number of rotatable bonds is 6. The monoisotopic (exact) mass is 674 g/mol. The van der Waals surface area contributed by atoms with Crippen LogP contribution in [0.5, 0.6) is 28.7 Å². The third-order valence-corrected chi connectivity index (χ3v) is 10.1. The van der Waals surface area contributed by atoms with Crippen LogP contribution in [0.25, 0.3) is 0 Å². The number of hydrogen-bond donors (Lipinski definition) is 6. The van der Waals surface area contributed by atoms with E-state index in [0.29, 0.717) is 12.1 Å². The van der Waals surface area contributed by atoms with Crippen molar-refractivity contribution in [1.29, 1.82) is 0 Å². The first kappa shape index (κ1) is 26.5. The Bertz CT molecular complexity index is 1580. The molecule has 0 aromatic heterocycles.